The van der Waals surface area contributed by atoms with Gasteiger partial charge in [0.2, 0.25) is 10.0 Å². The van der Waals surface area contributed by atoms with Crippen LogP contribution in [0.15, 0.2) is 52.5 Å². The summed E-state index contributed by atoms with van der Waals surface area (Å²) in [4.78, 5) is 16.3. The number of aromatic nitrogens is 1. The number of amides is 1. The summed E-state index contributed by atoms with van der Waals surface area (Å²) in [6.07, 6.45) is -3.10. The molecule has 0 saturated heterocycles. The number of carbonyl (C=O) groups is 1. The van der Waals surface area contributed by atoms with Gasteiger partial charge in [-0.15, -0.1) is 0 Å². The Bertz CT molecular complexity index is 967. The maximum absolute atomic E-state index is 12.5. The van der Waals surface area contributed by atoms with Gasteiger partial charge in [-0.1, -0.05) is 11.8 Å². The van der Waals surface area contributed by atoms with Gasteiger partial charge in [0.15, 0.2) is 0 Å². The molecule has 1 amide bonds. The minimum atomic E-state index is -4.40. The number of nitrogens with one attached hydrogen (secondary N) is 2. The number of halogens is 3. The van der Waals surface area contributed by atoms with Gasteiger partial charge in [-0.25, -0.2) is 18.1 Å². The fourth-order valence-corrected chi connectivity index (χ4v) is 4.34. The largest absolute Gasteiger partial charge is 0.398 e. The van der Waals surface area contributed by atoms with E-state index in [9.17, 15) is 26.4 Å². The molecule has 7 nitrogen and oxygen atoms in total. The van der Waals surface area contributed by atoms with Crippen molar-refractivity contribution < 1.29 is 31.1 Å². The SMILES string of the molecule is COC[C@H](C)NS(=O)(=O)c1ccc(NC(=O)c2cccnc2SCC(F)(F)F)cc1. The Hall–Kier alpha value is -2.15. The first-order chi connectivity index (χ1) is 14.0. The lowest BCUT2D eigenvalue weighted by Crippen LogP contribution is -2.35. The van der Waals surface area contributed by atoms with Crippen molar-refractivity contribution in [1.82, 2.24) is 9.71 Å². The van der Waals surface area contributed by atoms with Crippen molar-refractivity contribution >= 4 is 33.4 Å². The van der Waals surface area contributed by atoms with Crippen LogP contribution in [0.25, 0.3) is 0 Å². The molecule has 0 spiro atoms. The molecule has 0 bridgehead atoms. The molecule has 30 heavy (non-hydrogen) atoms. The van der Waals surface area contributed by atoms with Crippen LogP contribution in [0.5, 0.6) is 0 Å². The second-order valence-electron chi connectivity index (χ2n) is 6.22. The van der Waals surface area contributed by atoms with Crippen LogP contribution < -0.4 is 10.0 Å². The number of pyridine rings is 1. The fourth-order valence-electron chi connectivity index (χ4n) is 2.36. The van der Waals surface area contributed by atoms with Gasteiger partial charge in [0.25, 0.3) is 5.91 Å². The maximum Gasteiger partial charge on any atom is 0.398 e. The molecule has 2 N–H and O–H groups in total. The van der Waals surface area contributed by atoms with E-state index in [0.717, 1.165) is 0 Å². The van der Waals surface area contributed by atoms with Crippen LogP contribution in [-0.4, -0.2) is 51.0 Å². The van der Waals surface area contributed by atoms with Crippen molar-refractivity contribution in [3.05, 3.63) is 48.2 Å². The molecule has 0 unspecified atom stereocenters. The summed E-state index contributed by atoms with van der Waals surface area (Å²) in [6, 6.07) is 7.74. The Morgan fingerprint density at radius 2 is 1.90 bits per heavy atom. The van der Waals surface area contributed by atoms with Crippen molar-refractivity contribution in [2.45, 2.75) is 29.1 Å². The Balaban J connectivity index is 2.10. The van der Waals surface area contributed by atoms with Crippen LogP contribution in [0, 0.1) is 0 Å². The second kappa shape index (κ2) is 10.2. The van der Waals surface area contributed by atoms with E-state index in [-0.39, 0.29) is 27.8 Å². The Labute approximate surface area is 176 Å². The number of hydrogen-bond donors (Lipinski definition) is 2. The number of sulfonamides is 1. The minimum Gasteiger partial charge on any atom is -0.383 e. The highest BCUT2D eigenvalue weighted by Crippen LogP contribution is 2.28. The Kier molecular flexibility index (Phi) is 8.24. The zero-order valence-electron chi connectivity index (χ0n) is 16.1. The van der Waals surface area contributed by atoms with Crippen LogP contribution in [0.2, 0.25) is 0 Å². The monoisotopic (exact) mass is 463 g/mol. The number of methoxy groups -OCH3 is 1. The molecule has 0 fully saturated rings. The predicted molar refractivity (Wildman–Crippen MR) is 107 cm³/mol. The van der Waals surface area contributed by atoms with Crippen LogP contribution >= 0.6 is 11.8 Å². The number of rotatable bonds is 9. The standard InChI is InChI=1S/C18H20F3N3O4S2/c1-12(10-28-2)24-30(26,27)14-7-5-13(6-8-14)23-16(25)15-4-3-9-22-17(15)29-11-18(19,20)21/h3-9,12,24H,10-11H2,1-2H3,(H,23,25)/t12-/m0/s1. The molecular formula is C18H20F3N3O4S2. The first-order valence-electron chi connectivity index (χ1n) is 8.59. The molecule has 1 atom stereocenters. The molecular weight excluding hydrogens is 443 g/mol. The molecule has 1 aromatic carbocycles. The van der Waals surface area contributed by atoms with Crippen molar-refractivity contribution in [3.63, 3.8) is 0 Å². The molecule has 0 saturated carbocycles. The van der Waals surface area contributed by atoms with E-state index in [4.69, 9.17) is 4.74 Å². The van der Waals surface area contributed by atoms with Gasteiger partial charge in [0.05, 0.1) is 22.8 Å². The molecule has 1 heterocycles. The molecule has 0 aliphatic rings. The van der Waals surface area contributed by atoms with E-state index >= 15 is 0 Å². The van der Waals surface area contributed by atoms with Crippen LogP contribution in [0.3, 0.4) is 0 Å². The summed E-state index contributed by atoms with van der Waals surface area (Å²) in [5, 5.41) is 2.47. The average Bonchev–Trinajstić information content (AvgIpc) is 2.66. The number of anilines is 1. The number of benzene rings is 1. The van der Waals surface area contributed by atoms with E-state index in [1.807, 2.05) is 0 Å². The molecule has 1 aromatic heterocycles. The first kappa shape index (κ1) is 24.1. The van der Waals surface area contributed by atoms with Crippen molar-refractivity contribution in [2.24, 2.45) is 0 Å². The van der Waals surface area contributed by atoms with Gasteiger partial charge in [0, 0.05) is 25.0 Å². The van der Waals surface area contributed by atoms with E-state index in [2.05, 4.69) is 15.0 Å². The van der Waals surface area contributed by atoms with Gasteiger partial charge in [-0.2, -0.15) is 13.2 Å². The second-order valence-corrected chi connectivity index (χ2v) is 8.89. The molecule has 2 aromatic rings. The molecule has 0 aliphatic carbocycles. The third-order valence-electron chi connectivity index (χ3n) is 3.58. The number of hydrogen-bond acceptors (Lipinski definition) is 6. The van der Waals surface area contributed by atoms with Crippen LogP contribution in [0.1, 0.15) is 17.3 Å². The lowest BCUT2D eigenvalue weighted by atomic mass is 10.2. The van der Waals surface area contributed by atoms with E-state index in [1.54, 1.807) is 6.92 Å². The first-order valence-corrected chi connectivity index (χ1v) is 11.1. The minimum absolute atomic E-state index is 0.00810. The summed E-state index contributed by atoms with van der Waals surface area (Å²) in [6.45, 7) is 1.85. The highest BCUT2D eigenvalue weighted by atomic mass is 32.2. The highest BCUT2D eigenvalue weighted by molar-refractivity contribution is 7.99. The number of carbonyl (C=O) groups excluding carboxylic acids is 1. The molecule has 0 radical (unpaired) electrons. The van der Waals surface area contributed by atoms with E-state index in [1.165, 1.54) is 49.7 Å². The third kappa shape index (κ3) is 7.27. The number of thioether (sulfide) groups is 1. The van der Waals surface area contributed by atoms with Gasteiger partial charge in [-0.3, -0.25) is 4.79 Å². The normalized spacial score (nSPS) is 13.1. The smallest absolute Gasteiger partial charge is 0.383 e. The summed E-state index contributed by atoms with van der Waals surface area (Å²) in [5.41, 5.74) is 0.262. The van der Waals surface area contributed by atoms with Crippen molar-refractivity contribution in [2.75, 3.05) is 24.8 Å². The third-order valence-corrected chi connectivity index (χ3v) is 6.26. The van der Waals surface area contributed by atoms with E-state index in [0.29, 0.717) is 11.8 Å². The summed E-state index contributed by atoms with van der Waals surface area (Å²) < 4.78 is 69.4. The van der Waals surface area contributed by atoms with Gasteiger partial charge in [-0.05, 0) is 43.3 Å². The average molecular weight is 464 g/mol. The zero-order valence-corrected chi connectivity index (χ0v) is 17.7. The predicted octanol–water partition coefficient (Wildman–Crippen LogP) is 3.30. The summed E-state index contributed by atoms with van der Waals surface area (Å²) in [5.74, 6) is -1.83. The lowest BCUT2D eigenvalue weighted by molar-refractivity contribution is -0.105. The number of alkyl halides is 3. The Morgan fingerprint density at radius 3 is 2.50 bits per heavy atom. The quantitative estimate of drug-likeness (QED) is 0.554. The molecule has 12 heteroatoms. The van der Waals surface area contributed by atoms with Gasteiger partial charge in [0.1, 0.15) is 5.03 Å². The lowest BCUT2D eigenvalue weighted by Gasteiger charge is -2.14. The fraction of sp³-hybridized carbons (Fsp3) is 0.333. The molecule has 164 valence electrons. The van der Waals surface area contributed by atoms with Crippen LogP contribution in [-0.2, 0) is 14.8 Å². The summed E-state index contributed by atoms with van der Waals surface area (Å²) in [7, 11) is -2.31. The maximum atomic E-state index is 12.5. The van der Waals surface area contributed by atoms with Crippen molar-refractivity contribution in [1.29, 1.82) is 0 Å². The molecule has 2 rings (SSSR count). The van der Waals surface area contributed by atoms with E-state index < -0.39 is 33.9 Å². The van der Waals surface area contributed by atoms with Crippen LogP contribution in [0.4, 0.5) is 18.9 Å². The zero-order chi connectivity index (χ0) is 22.4. The summed E-state index contributed by atoms with van der Waals surface area (Å²) >= 11 is 0.414. The van der Waals surface area contributed by atoms with Gasteiger partial charge >= 0.3 is 6.18 Å². The highest BCUT2D eigenvalue weighted by Gasteiger charge is 2.28. The number of ether oxygens (including phenoxy) is 1. The Morgan fingerprint density at radius 1 is 1.23 bits per heavy atom. The topological polar surface area (TPSA) is 97.4 Å². The van der Waals surface area contributed by atoms with Crippen molar-refractivity contribution in [3.8, 4) is 0 Å². The number of nitrogens with zero attached hydrogens (tertiary/aromatic N) is 1. The molecule has 0 aliphatic heterocycles. The van der Waals surface area contributed by atoms with Gasteiger partial charge < -0.3 is 10.1 Å².